The van der Waals surface area contributed by atoms with Crippen LogP contribution < -0.4 is 0 Å². The Balaban J connectivity index is 4.14. The summed E-state index contributed by atoms with van der Waals surface area (Å²) in [6.07, 6.45) is 0. The topological polar surface area (TPSA) is 34.1 Å². The number of hydrogen-bond donors (Lipinski definition) is 0. The van der Waals surface area contributed by atoms with Crippen molar-refractivity contribution in [3.8, 4) is 0 Å². The zero-order valence-corrected chi connectivity index (χ0v) is 8.91. The van der Waals surface area contributed by atoms with Gasteiger partial charge < -0.3 is 0 Å². The highest BCUT2D eigenvalue weighted by Gasteiger charge is 2.25. The van der Waals surface area contributed by atoms with Crippen molar-refractivity contribution in [3.05, 3.63) is 0 Å². The third kappa shape index (κ3) is 3.54. The third-order valence-corrected chi connectivity index (χ3v) is 2.60. The highest BCUT2D eigenvalue weighted by molar-refractivity contribution is 9.09. The standard InChI is InChI=1S/C6H7BrCl2O2/c1-3(8)5(10)6(11)4(9)2-7/h3-4H,2H2,1H3. The molecule has 0 saturated carbocycles. The van der Waals surface area contributed by atoms with Gasteiger partial charge in [0.25, 0.3) is 0 Å². The Kier molecular flexibility index (Phi) is 5.30. The molecule has 0 aliphatic heterocycles. The predicted molar refractivity (Wildman–Crippen MR) is 48.8 cm³/mol. The molecule has 0 saturated heterocycles. The van der Waals surface area contributed by atoms with E-state index in [1.165, 1.54) is 6.92 Å². The second-order valence-corrected chi connectivity index (χ2v) is 3.80. The van der Waals surface area contributed by atoms with Gasteiger partial charge >= 0.3 is 0 Å². The van der Waals surface area contributed by atoms with Crippen LogP contribution >= 0.6 is 39.1 Å². The molecule has 2 atom stereocenters. The molecule has 0 spiro atoms. The van der Waals surface area contributed by atoms with Crippen molar-refractivity contribution in [2.75, 3.05) is 5.33 Å². The largest absolute Gasteiger partial charge is 0.289 e. The molecule has 11 heavy (non-hydrogen) atoms. The monoisotopic (exact) mass is 260 g/mol. The summed E-state index contributed by atoms with van der Waals surface area (Å²) in [6, 6.07) is 0. The molecule has 0 aliphatic carbocycles. The number of carbonyl (C=O) groups excluding carboxylic acids is 2. The second kappa shape index (κ2) is 5.12. The Hall–Kier alpha value is 0.400. The maximum atomic E-state index is 10.9. The predicted octanol–water partition coefficient (Wildman–Crippen LogP) is 1.75. The van der Waals surface area contributed by atoms with Gasteiger partial charge in [-0.3, -0.25) is 9.59 Å². The van der Waals surface area contributed by atoms with E-state index in [1.54, 1.807) is 0 Å². The third-order valence-electron chi connectivity index (χ3n) is 1.02. The Morgan fingerprint density at radius 1 is 1.36 bits per heavy atom. The van der Waals surface area contributed by atoms with Crippen LogP contribution in [0.15, 0.2) is 0 Å². The quantitative estimate of drug-likeness (QED) is 0.571. The van der Waals surface area contributed by atoms with Gasteiger partial charge in [0.15, 0.2) is 0 Å². The zero-order valence-electron chi connectivity index (χ0n) is 5.81. The van der Waals surface area contributed by atoms with Gasteiger partial charge in [0.1, 0.15) is 5.38 Å². The highest BCUT2D eigenvalue weighted by atomic mass is 79.9. The van der Waals surface area contributed by atoms with Gasteiger partial charge in [-0.25, -0.2) is 0 Å². The van der Waals surface area contributed by atoms with Crippen LogP contribution in [0, 0.1) is 0 Å². The molecule has 0 aromatic carbocycles. The van der Waals surface area contributed by atoms with E-state index < -0.39 is 22.3 Å². The fourth-order valence-electron chi connectivity index (χ4n) is 0.420. The van der Waals surface area contributed by atoms with Gasteiger partial charge in [0.2, 0.25) is 11.6 Å². The molecule has 0 N–H and O–H groups in total. The van der Waals surface area contributed by atoms with Crippen LogP contribution in [0.3, 0.4) is 0 Å². The summed E-state index contributed by atoms with van der Waals surface area (Å²) in [6.45, 7) is 1.44. The van der Waals surface area contributed by atoms with Crippen LogP contribution in [0.5, 0.6) is 0 Å². The van der Waals surface area contributed by atoms with Crippen LogP contribution in [0.25, 0.3) is 0 Å². The summed E-state index contributed by atoms with van der Waals surface area (Å²) in [5, 5.41) is -1.32. The van der Waals surface area contributed by atoms with Gasteiger partial charge in [-0.1, -0.05) is 15.9 Å². The Labute approximate surface area is 83.4 Å². The number of hydrogen-bond acceptors (Lipinski definition) is 2. The maximum absolute atomic E-state index is 10.9. The van der Waals surface area contributed by atoms with Crippen LogP contribution in [0.2, 0.25) is 0 Å². The number of ketones is 2. The lowest BCUT2D eigenvalue weighted by atomic mass is 10.1. The molecule has 0 rings (SSSR count). The molecule has 2 nitrogen and oxygen atoms in total. The minimum absolute atomic E-state index is 0.267. The van der Waals surface area contributed by atoms with Crippen LogP contribution in [-0.2, 0) is 9.59 Å². The lowest BCUT2D eigenvalue weighted by Crippen LogP contribution is -2.30. The van der Waals surface area contributed by atoms with Crippen molar-refractivity contribution in [2.45, 2.75) is 17.7 Å². The summed E-state index contributed by atoms with van der Waals surface area (Å²) in [4.78, 5) is 21.8. The minimum atomic E-state index is -0.802. The number of alkyl halides is 3. The van der Waals surface area contributed by atoms with Gasteiger partial charge in [-0.2, -0.15) is 0 Å². The molecule has 0 aromatic heterocycles. The van der Waals surface area contributed by atoms with Crippen LogP contribution in [0.4, 0.5) is 0 Å². The first kappa shape index (κ1) is 11.4. The lowest BCUT2D eigenvalue weighted by molar-refractivity contribution is -0.135. The average Bonchev–Trinajstić information content (AvgIpc) is 2.00. The zero-order chi connectivity index (χ0) is 9.02. The molecular formula is C6H7BrCl2O2. The van der Waals surface area contributed by atoms with Crippen molar-refractivity contribution in [3.63, 3.8) is 0 Å². The SMILES string of the molecule is CC(Cl)C(=O)C(=O)C(Cl)CBr. The van der Waals surface area contributed by atoms with Crippen molar-refractivity contribution in [2.24, 2.45) is 0 Å². The smallest absolute Gasteiger partial charge is 0.218 e. The van der Waals surface area contributed by atoms with Crippen LogP contribution in [-0.4, -0.2) is 27.7 Å². The molecule has 2 unspecified atom stereocenters. The molecule has 0 bridgehead atoms. The first-order valence-electron chi connectivity index (χ1n) is 2.92. The number of carbonyl (C=O) groups is 2. The number of Topliss-reactive ketones (excluding diaryl/α,β-unsaturated/α-hetero) is 2. The summed E-state index contributed by atoms with van der Waals surface area (Å²) in [5.41, 5.74) is 0. The first-order chi connectivity index (χ1) is 5.00. The van der Waals surface area contributed by atoms with Crippen molar-refractivity contribution < 1.29 is 9.59 Å². The van der Waals surface area contributed by atoms with Crippen molar-refractivity contribution in [1.29, 1.82) is 0 Å². The molecule has 5 heteroatoms. The van der Waals surface area contributed by atoms with Crippen LogP contribution in [0.1, 0.15) is 6.92 Å². The van der Waals surface area contributed by atoms with E-state index in [0.29, 0.717) is 0 Å². The molecule has 0 heterocycles. The molecule has 0 radical (unpaired) electrons. The molecule has 0 aromatic rings. The Bertz CT molecular complexity index is 170. The summed E-state index contributed by atoms with van der Waals surface area (Å²) in [7, 11) is 0. The Morgan fingerprint density at radius 3 is 2.09 bits per heavy atom. The number of halogens is 3. The normalized spacial score (nSPS) is 15.6. The average molecular weight is 262 g/mol. The second-order valence-electron chi connectivity index (χ2n) is 1.97. The highest BCUT2D eigenvalue weighted by Crippen LogP contribution is 2.06. The van der Waals surface area contributed by atoms with E-state index in [2.05, 4.69) is 15.9 Å². The van der Waals surface area contributed by atoms with E-state index in [-0.39, 0.29) is 5.33 Å². The van der Waals surface area contributed by atoms with E-state index in [0.717, 1.165) is 0 Å². The molecule has 64 valence electrons. The van der Waals surface area contributed by atoms with Crippen molar-refractivity contribution in [1.82, 2.24) is 0 Å². The Morgan fingerprint density at radius 2 is 1.82 bits per heavy atom. The van der Waals surface area contributed by atoms with Crippen molar-refractivity contribution >= 4 is 50.7 Å². The lowest BCUT2D eigenvalue weighted by Gasteiger charge is -2.03. The van der Waals surface area contributed by atoms with Gasteiger partial charge in [0, 0.05) is 5.33 Å². The molecular weight excluding hydrogens is 255 g/mol. The van der Waals surface area contributed by atoms with Gasteiger partial charge in [-0.05, 0) is 6.92 Å². The van der Waals surface area contributed by atoms with E-state index in [9.17, 15) is 9.59 Å². The van der Waals surface area contributed by atoms with E-state index in [1.807, 2.05) is 0 Å². The summed E-state index contributed by atoms with van der Waals surface area (Å²) in [5.74, 6) is -1.27. The summed E-state index contributed by atoms with van der Waals surface area (Å²) < 4.78 is 0. The summed E-state index contributed by atoms with van der Waals surface area (Å²) >= 11 is 13.8. The van der Waals surface area contributed by atoms with Gasteiger partial charge in [-0.15, -0.1) is 23.2 Å². The van der Waals surface area contributed by atoms with E-state index in [4.69, 9.17) is 23.2 Å². The molecule has 0 amide bonds. The molecule has 0 fully saturated rings. The number of rotatable bonds is 4. The molecule has 0 aliphatic rings. The fourth-order valence-corrected chi connectivity index (χ4v) is 0.930. The van der Waals surface area contributed by atoms with E-state index >= 15 is 0 Å². The van der Waals surface area contributed by atoms with Gasteiger partial charge in [0.05, 0.1) is 5.38 Å². The fraction of sp³-hybridized carbons (Fsp3) is 0.667. The maximum Gasteiger partial charge on any atom is 0.218 e. The minimum Gasteiger partial charge on any atom is -0.289 e. The first-order valence-corrected chi connectivity index (χ1v) is 4.92.